The number of likely N-dealkylation sites (N-methyl/N-ethyl adjacent to an activating group) is 1. The van der Waals surface area contributed by atoms with Crippen LogP contribution >= 0.6 is 0 Å². The molecule has 0 spiro atoms. The molecule has 1 saturated carbocycles. The molecule has 0 aromatic rings. The maximum absolute atomic E-state index is 11.7. The van der Waals surface area contributed by atoms with Crippen molar-refractivity contribution in [3.05, 3.63) is 12.7 Å². The van der Waals surface area contributed by atoms with Gasteiger partial charge in [-0.1, -0.05) is 25.3 Å². The average molecular weight is 224 g/mol. The molecule has 0 heterocycles. The van der Waals surface area contributed by atoms with Crippen LogP contribution in [0.15, 0.2) is 12.7 Å². The topological polar surface area (TPSA) is 49.4 Å². The summed E-state index contributed by atoms with van der Waals surface area (Å²) >= 11 is 0. The number of hydrogen-bond acceptors (Lipinski definition) is 2. The van der Waals surface area contributed by atoms with Gasteiger partial charge in [-0.25, -0.2) is 0 Å². The Morgan fingerprint density at radius 1 is 1.38 bits per heavy atom. The van der Waals surface area contributed by atoms with Crippen molar-refractivity contribution >= 4 is 11.8 Å². The van der Waals surface area contributed by atoms with Gasteiger partial charge >= 0.3 is 11.8 Å². The highest BCUT2D eigenvalue weighted by molar-refractivity contribution is 6.35. The van der Waals surface area contributed by atoms with E-state index in [1.54, 1.807) is 18.0 Å². The first-order valence-corrected chi connectivity index (χ1v) is 5.82. The van der Waals surface area contributed by atoms with Crippen LogP contribution in [-0.4, -0.2) is 36.3 Å². The maximum Gasteiger partial charge on any atom is 0.311 e. The van der Waals surface area contributed by atoms with Crippen LogP contribution in [0.2, 0.25) is 0 Å². The molecule has 0 aromatic carbocycles. The fourth-order valence-electron chi connectivity index (χ4n) is 2.03. The summed E-state index contributed by atoms with van der Waals surface area (Å²) in [6, 6.07) is 0.232. The minimum atomic E-state index is -0.534. The van der Waals surface area contributed by atoms with E-state index in [0.29, 0.717) is 6.54 Å². The van der Waals surface area contributed by atoms with Crippen LogP contribution in [0.5, 0.6) is 0 Å². The molecule has 1 fully saturated rings. The van der Waals surface area contributed by atoms with Crippen molar-refractivity contribution in [2.75, 3.05) is 13.6 Å². The van der Waals surface area contributed by atoms with E-state index in [2.05, 4.69) is 11.9 Å². The number of hydrogen-bond donors (Lipinski definition) is 1. The van der Waals surface area contributed by atoms with Crippen LogP contribution in [0.25, 0.3) is 0 Å². The van der Waals surface area contributed by atoms with Crippen molar-refractivity contribution in [1.29, 1.82) is 0 Å². The molecule has 0 aliphatic heterocycles. The first-order chi connectivity index (χ1) is 7.66. The Kier molecular flexibility index (Phi) is 5.02. The fourth-order valence-corrected chi connectivity index (χ4v) is 2.03. The second-order valence-corrected chi connectivity index (χ2v) is 4.21. The lowest BCUT2D eigenvalue weighted by molar-refractivity contribution is -0.146. The minimum Gasteiger partial charge on any atom is -0.344 e. The zero-order valence-corrected chi connectivity index (χ0v) is 9.87. The van der Waals surface area contributed by atoms with Gasteiger partial charge in [0.15, 0.2) is 0 Å². The summed E-state index contributed by atoms with van der Waals surface area (Å²) in [6.45, 7) is 3.82. The van der Waals surface area contributed by atoms with E-state index in [4.69, 9.17) is 0 Å². The van der Waals surface area contributed by atoms with Crippen LogP contribution in [0, 0.1) is 0 Å². The molecule has 1 N–H and O–H groups in total. The second-order valence-electron chi connectivity index (χ2n) is 4.21. The summed E-state index contributed by atoms with van der Waals surface area (Å²) in [6.07, 6.45) is 7.12. The number of nitrogens with zero attached hydrogens (tertiary/aromatic N) is 1. The van der Waals surface area contributed by atoms with E-state index in [1.807, 2.05) is 0 Å². The van der Waals surface area contributed by atoms with E-state index < -0.39 is 11.8 Å². The third-order valence-corrected chi connectivity index (χ3v) is 3.04. The quantitative estimate of drug-likeness (QED) is 0.576. The van der Waals surface area contributed by atoms with Gasteiger partial charge in [-0.15, -0.1) is 6.58 Å². The number of rotatable bonds is 3. The molecular weight excluding hydrogens is 204 g/mol. The van der Waals surface area contributed by atoms with Gasteiger partial charge in [0.05, 0.1) is 0 Å². The SMILES string of the molecule is C=CCNC(=O)C(=O)N(C)C1CCCCC1. The smallest absolute Gasteiger partial charge is 0.311 e. The molecule has 0 bridgehead atoms. The highest BCUT2D eigenvalue weighted by Crippen LogP contribution is 2.21. The molecule has 16 heavy (non-hydrogen) atoms. The molecule has 2 amide bonds. The Balaban J connectivity index is 2.44. The summed E-state index contributed by atoms with van der Waals surface area (Å²) in [5.74, 6) is -0.971. The van der Waals surface area contributed by atoms with E-state index in [-0.39, 0.29) is 6.04 Å². The Hall–Kier alpha value is -1.32. The van der Waals surface area contributed by atoms with Crippen molar-refractivity contribution in [3.8, 4) is 0 Å². The van der Waals surface area contributed by atoms with Gasteiger partial charge in [0, 0.05) is 19.6 Å². The van der Waals surface area contributed by atoms with E-state index in [1.165, 1.54) is 6.42 Å². The van der Waals surface area contributed by atoms with Crippen molar-refractivity contribution in [2.24, 2.45) is 0 Å². The maximum atomic E-state index is 11.7. The van der Waals surface area contributed by atoms with Gasteiger partial charge < -0.3 is 10.2 Å². The predicted molar refractivity (Wildman–Crippen MR) is 62.8 cm³/mol. The molecule has 1 aliphatic carbocycles. The molecule has 0 unspecified atom stereocenters. The van der Waals surface area contributed by atoms with Gasteiger partial charge in [-0.05, 0) is 12.8 Å². The molecule has 0 saturated heterocycles. The molecular formula is C12H20N2O2. The molecule has 0 radical (unpaired) electrons. The Labute approximate surface area is 96.7 Å². The largest absolute Gasteiger partial charge is 0.344 e. The van der Waals surface area contributed by atoms with E-state index in [9.17, 15) is 9.59 Å². The van der Waals surface area contributed by atoms with Crippen LogP contribution < -0.4 is 5.32 Å². The first kappa shape index (κ1) is 12.7. The normalized spacial score (nSPS) is 16.6. The predicted octanol–water partition coefficient (Wildman–Crippen LogP) is 1.08. The summed E-state index contributed by atoms with van der Waals surface area (Å²) < 4.78 is 0. The van der Waals surface area contributed by atoms with Crippen LogP contribution in [-0.2, 0) is 9.59 Å². The molecule has 0 atom stereocenters. The Morgan fingerprint density at radius 3 is 2.56 bits per heavy atom. The lowest BCUT2D eigenvalue weighted by Gasteiger charge is -2.30. The van der Waals surface area contributed by atoms with Crippen molar-refractivity contribution in [3.63, 3.8) is 0 Å². The van der Waals surface area contributed by atoms with Crippen molar-refractivity contribution in [2.45, 2.75) is 38.1 Å². The van der Waals surface area contributed by atoms with Gasteiger partial charge in [0.2, 0.25) is 0 Å². The fraction of sp³-hybridized carbons (Fsp3) is 0.667. The third kappa shape index (κ3) is 3.36. The number of carbonyl (C=O) groups excluding carboxylic acids is 2. The van der Waals surface area contributed by atoms with E-state index in [0.717, 1.165) is 25.7 Å². The summed E-state index contributed by atoms with van der Waals surface area (Å²) in [5.41, 5.74) is 0. The highest BCUT2D eigenvalue weighted by atomic mass is 16.2. The zero-order chi connectivity index (χ0) is 12.0. The number of nitrogens with one attached hydrogen (secondary N) is 1. The molecule has 4 nitrogen and oxygen atoms in total. The Morgan fingerprint density at radius 2 is 2.00 bits per heavy atom. The van der Waals surface area contributed by atoms with Crippen molar-refractivity contribution < 1.29 is 9.59 Å². The van der Waals surface area contributed by atoms with Gasteiger partial charge in [0.1, 0.15) is 0 Å². The Bertz CT molecular complexity index is 270. The van der Waals surface area contributed by atoms with Crippen molar-refractivity contribution in [1.82, 2.24) is 10.2 Å². The zero-order valence-electron chi connectivity index (χ0n) is 9.87. The summed E-state index contributed by atoms with van der Waals surface area (Å²) in [7, 11) is 1.71. The first-order valence-electron chi connectivity index (χ1n) is 5.82. The molecule has 4 heteroatoms. The lowest BCUT2D eigenvalue weighted by Crippen LogP contribution is -2.46. The molecule has 0 aromatic heterocycles. The van der Waals surface area contributed by atoms with Crippen LogP contribution in [0.1, 0.15) is 32.1 Å². The van der Waals surface area contributed by atoms with Crippen LogP contribution in [0.4, 0.5) is 0 Å². The third-order valence-electron chi connectivity index (χ3n) is 3.04. The van der Waals surface area contributed by atoms with Gasteiger partial charge in [0.25, 0.3) is 0 Å². The minimum absolute atomic E-state index is 0.232. The van der Waals surface area contributed by atoms with Gasteiger partial charge in [-0.2, -0.15) is 0 Å². The molecule has 1 aliphatic rings. The lowest BCUT2D eigenvalue weighted by atomic mass is 9.94. The van der Waals surface area contributed by atoms with Crippen LogP contribution in [0.3, 0.4) is 0 Å². The number of carbonyl (C=O) groups is 2. The highest BCUT2D eigenvalue weighted by Gasteiger charge is 2.25. The molecule has 1 rings (SSSR count). The monoisotopic (exact) mass is 224 g/mol. The molecule has 90 valence electrons. The summed E-state index contributed by atoms with van der Waals surface area (Å²) in [4.78, 5) is 24.7. The summed E-state index contributed by atoms with van der Waals surface area (Å²) in [5, 5.41) is 2.50. The van der Waals surface area contributed by atoms with E-state index >= 15 is 0 Å². The standard InChI is InChI=1S/C12H20N2O2/c1-3-9-13-11(15)12(16)14(2)10-7-5-4-6-8-10/h3,10H,1,4-9H2,2H3,(H,13,15). The number of amides is 2. The van der Waals surface area contributed by atoms with Gasteiger partial charge in [-0.3, -0.25) is 9.59 Å². The second kappa shape index (κ2) is 6.30. The average Bonchev–Trinajstić information content (AvgIpc) is 2.35.